The van der Waals surface area contributed by atoms with Crippen LogP contribution >= 0.6 is 0 Å². The number of ether oxygens (including phenoxy) is 1. The molecule has 0 aromatic heterocycles. The molecule has 5 rings (SSSR count). The number of carbonyl (C=O) groups is 1. The molecule has 0 spiro atoms. The predicted octanol–water partition coefficient (Wildman–Crippen LogP) is 8.05. The highest BCUT2D eigenvalue weighted by molar-refractivity contribution is 5.78. The second-order valence-electron chi connectivity index (χ2n) is 14.0. The van der Waals surface area contributed by atoms with Crippen molar-refractivity contribution in [3.8, 4) is 0 Å². The molecule has 5 aliphatic rings. The number of allylic oxidation sites excluding steroid dienone is 5. The number of hydrogen-bond donors (Lipinski definition) is 0. The van der Waals surface area contributed by atoms with Crippen LogP contribution in [-0.4, -0.2) is 13.1 Å². The summed E-state index contributed by atoms with van der Waals surface area (Å²) in [6.45, 7) is 19.1. The Hall–Kier alpha value is -1.31. The van der Waals surface area contributed by atoms with Crippen molar-refractivity contribution in [1.29, 1.82) is 0 Å². The molecule has 0 heterocycles. The summed E-state index contributed by atoms with van der Waals surface area (Å²) in [6.07, 6.45) is 15.4. The third kappa shape index (κ3) is 2.88. The van der Waals surface area contributed by atoms with Gasteiger partial charge in [0, 0.05) is 0 Å². The summed E-state index contributed by atoms with van der Waals surface area (Å²) in [7, 11) is 1.60. The number of methoxy groups -OCH3 is 1. The van der Waals surface area contributed by atoms with E-state index in [1.807, 2.05) is 0 Å². The molecule has 0 aromatic rings. The average molecular weight is 451 g/mol. The molecule has 0 unspecified atom stereocenters. The molecule has 3 fully saturated rings. The van der Waals surface area contributed by atoms with Gasteiger partial charge in [0.2, 0.25) is 0 Å². The van der Waals surface area contributed by atoms with E-state index in [1.54, 1.807) is 18.3 Å². The van der Waals surface area contributed by atoms with Gasteiger partial charge in [-0.3, -0.25) is 4.79 Å². The highest BCUT2D eigenvalue weighted by Crippen LogP contribution is 2.75. The molecule has 0 aliphatic heterocycles. The normalized spacial score (nSPS) is 47.8. The summed E-state index contributed by atoms with van der Waals surface area (Å²) >= 11 is 0. The van der Waals surface area contributed by atoms with Crippen LogP contribution < -0.4 is 0 Å². The minimum Gasteiger partial charge on any atom is -0.469 e. The van der Waals surface area contributed by atoms with Crippen LogP contribution in [0.3, 0.4) is 0 Å². The molecular weight excluding hydrogens is 404 g/mol. The van der Waals surface area contributed by atoms with Gasteiger partial charge < -0.3 is 4.74 Å². The second kappa shape index (κ2) is 7.11. The van der Waals surface area contributed by atoms with E-state index in [1.165, 1.54) is 31.3 Å². The summed E-state index contributed by atoms with van der Waals surface area (Å²) in [5, 5.41) is 0. The van der Waals surface area contributed by atoms with E-state index >= 15 is 0 Å². The lowest BCUT2D eigenvalue weighted by Crippen LogP contribution is -2.61. The Labute approximate surface area is 202 Å². The largest absolute Gasteiger partial charge is 0.469 e. The lowest BCUT2D eigenvalue weighted by Gasteiger charge is -2.68. The zero-order chi connectivity index (χ0) is 24.0. The topological polar surface area (TPSA) is 26.3 Å². The Morgan fingerprint density at radius 2 is 1.70 bits per heavy atom. The highest BCUT2D eigenvalue weighted by atomic mass is 16.5. The van der Waals surface area contributed by atoms with Gasteiger partial charge in [0.05, 0.1) is 12.5 Å². The maximum absolute atomic E-state index is 13.3. The van der Waals surface area contributed by atoms with Crippen LogP contribution in [0.2, 0.25) is 0 Å². The summed E-state index contributed by atoms with van der Waals surface area (Å²) in [6, 6.07) is 0. The van der Waals surface area contributed by atoms with Gasteiger partial charge in [0.25, 0.3) is 0 Å². The van der Waals surface area contributed by atoms with E-state index in [-0.39, 0.29) is 27.6 Å². The minimum absolute atomic E-state index is 0.0555. The first-order valence-corrected chi connectivity index (χ1v) is 13.5. The van der Waals surface area contributed by atoms with Crippen molar-refractivity contribution < 1.29 is 9.53 Å². The van der Waals surface area contributed by atoms with Crippen LogP contribution in [0.4, 0.5) is 0 Å². The molecule has 0 N–H and O–H groups in total. The Balaban J connectivity index is 1.59. The molecule has 5 aliphatic carbocycles. The molecule has 0 amide bonds. The fourth-order valence-corrected chi connectivity index (χ4v) is 9.92. The number of rotatable bonds is 2. The van der Waals surface area contributed by atoms with Gasteiger partial charge in [-0.05, 0) is 110 Å². The molecule has 182 valence electrons. The Morgan fingerprint density at radius 1 is 1.00 bits per heavy atom. The Morgan fingerprint density at radius 3 is 2.36 bits per heavy atom. The maximum atomic E-state index is 13.3. The van der Waals surface area contributed by atoms with Crippen LogP contribution in [-0.2, 0) is 9.53 Å². The summed E-state index contributed by atoms with van der Waals surface area (Å²) in [5.41, 5.74) is 5.21. The fourth-order valence-electron chi connectivity index (χ4n) is 9.92. The molecule has 0 saturated heterocycles. The SMILES string of the molecule is C=C(C)C1=CC[C@]2(C)[C@H]3CC=C4[C@@H]5CC(C)(C)CC[C@]5(C(=O)OC)CC[C@@]4(C)[C@]3(C)CC[C@@H]12. The molecule has 2 heteroatoms. The minimum atomic E-state index is -0.304. The zero-order valence-electron chi connectivity index (χ0n) is 22.3. The van der Waals surface area contributed by atoms with E-state index in [2.05, 4.69) is 60.3 Å². The van der Waals surface area contributed by atoms with Crippen molar-refractivity contribution >= 4 is 5.97 Å². The first-order valence-electron chi connectivity index (χ1n) is 13.5. The van der Waals surface area contributed by atoms with Gasteiger partial charge in [0.1, 0.15) is 0 Å². The maximum Gasteiger partial charge on any atom is 0.312 e. The van der Waals surface area contributed by atoms with E-state index < -0.39 is 0 Å². The summed E-state index contributed by atoms with van der Waals surface area (Å²) in [5.74, 6) is 1.74. The van der Waals surface area contributed by atoms with Crippen LogP contribution in [0, 0.1) is 44.8 Å². The van der Waals surface area contributed by atoms with Crippen molar-refractivity contribution in [2.45, 2.75) is 99.3 Å². The van der Waals surface area contributed by atoms with Gasteiger partial charge in [-0.2, -0.15) is 0 Å². The van der Waals surface area contributed by atoms with Gasteiger partial charge in [-0.1, -0.05) is 64.5 Å². The third-order valence-electron chi connectivity index (χ3n) is 12.1. The smallest absolute Gasteiger partial charge is 0.312 e. The van der Waals surface area contributed by atoms with Crippen LogP contribution in [0.15, 0.2) is 35.5 Å². The monoisotopic (exact) mass is 450 g/mol. The second-order valence-corrected chi connectivity index (χ2v) is 14.0. The average Bonchev–Trinajstić information content (AvgIpc) is 3.10. The van der Waals surface area contributed by atoms with Gasteiger partial charge in [-0.25, -0.2) is 0 Å². The Kier molecular flexibility index (Phi) is 5.05. The molecule has 2 nitrogen and oxygen atoms in total. The molecule has 33 heavy (non-hydrogen) atoms. The number of carbonyl (C=O) groups excluding carboxylic acids is 1. The summed E-state index contributed by atoms with van der Waals surface area (Å²) < 4.78 is 5.49. The number of esters is 1. The predicted molar refractivity (Wildman–Crippen MR) is 136 cm³/mol. The quantitative estimate of drug-likeness (QED) is 0.314. The van der Waals surface area contributed by atoms with E-state index in [4.69, 9.17) is 4.74 Å². The standard InChI is InChI=1S/C31H46O2/c1-20(2)21-11-13-28(5)22(21)12-14-30(7)25(28)10-9-23-24-19-27(3,4)15-17-31(24,26(32)33-8)18-16-29(23,30)6/h9,11,22,24-25H,1,10,12-19H2,2-8H3/t22-,24-,25+,28-,29+,30+,31-/m0/s1. The van der Waals surface area contributed by atoms with E-state index in [9.17, 15) is 4.79 Å². The van der Waals surface area contributed by atoms with Crippen LogP contribution in [0.5, 0.6) is 0 Å². The lowest BCUT2D eigenvalue weighted by molar-refractivity contribution is -0.173. The molecule has 0 aromatic carbocycles. The van der Waals surface area contributed by atoms with Crippen molar-refractivity contribution in [3.05, 3.63) is 35.5 Å². The van der Waals surface area contributed by atoms with Crippen LogP contribution in [0.1, 0.15) is 99.3 Å². The third-order valence-corrected chi connectivity index (χ3v) is 12.1. The van der Waals surface area contributed by atoms with Crippen molar-refractivity contribution in [2.75, 3.05) is 7.11 Å². The lowest BCUT2D eigenvalue weighted by atomic mass is 9.36. The molecule has 3 saturated carbocycles. The van der Waals surface area contributed by atoms with Crippen molar-refractivity contribution in [2.24, 2.45) is 44.8 Å². The highest BCUT2D eigenvalue weighted by Gasteiger charge is 2.68. The van der Waals surface area contributed by atoms with E-state index in [0.717, 1.165) is 32.1 Å². The number of fused-ring (bicyclic) bond motifs is 7. The molecular formula is C31H46O2. The molecule has 0 bridgehead atoms. The first-order chi connectivity index (χ1) is 15.3. The van der Waals surface area contributed by atoms with E-state index in [0.29, 0.717) is 23.2 Å². The molecule has 0 radical (unpaired) electrons. The van der Waals surface area contributed by atoms with Gasteiger partial charge in [0.15, 0.2) is 0 Å². The van der Waals surface area contributed by atoms with Crippen molar-refractivity contribution in [1.82, 2.24) is 0 Å². The Bertz CT molecular complexity index is 952. The zero-order valence-corrected chi connectivity index (χ0v) is 22.3. The first kappa shape index (κ1) is 23.4. The number of hydrogen-bond acceptors (Lipinski definition) is 2. The molecule has 7 atom stereocenters. The van der Waals surface area contributed by atoms with Crippen LogP contribution in [0.25, 0.3) is 0 Å². The van der Waals surface area contributed by atoms with Gasteiger partial charge in [-0.15, -0.1) is 0 Å². The fraction of sp³-hybridized carbons (Fsp3) is 0.774. The van der Waals surface area contributed by atoms with Gasteiger partial charge >= 0.3 is 5.97 Å². The summed E-state index contributed by atoms with van der Waals surface area (Å²) in [4.78, 5) is 13.3. The van der Waals surface area contributed by atoms with Crippen molar-refractivity contribution in [3.63, 3.8) is 0 Å².